The van der Waals surface area contributed by atoms with Gasteiger partial charge in [0, 0.05) is 13.1 Å². The van der Waals surface area contributed by atoms with Gasteiger partial charge in [-0.1, -0.05) is 24.3 Å². The Balaban J connectivity index is 1.84. The van der Waals surface area contributed by atoms with Crippen LogP contribution in [-0.4, -0.2) is 47.2 Å². The summed E-state index contributed by atoms with van der Waals surface area (Å²) in [4.78, 5) is 30.5. The first-order valence-electron chi connectivity index (χ1n) is 7.52. The average molecular weight is 300 g/mol. The second-order valence-corrected chi connectivity index (χ2v) is 6.58. The minimum absolute atomic E-state index is 0.0366. The number of ether oxygens (including phenoxy) is 1. The molecule has 0 N–H and O–H groups in total. The molecule has 2 amide bonds. The van der Waals surface area contributed by atoms with Gasteiger partial charge in [0.1, 0.15) is 5.71 Å². The average Bonchev–Trinajstić information content (AvgIpc) is 2.44. The first kappa shape index (κ1) is 14.9. The molecule has 3 rings (SSSR count). The van der Waals surface area contributed by atoms with Crippen LogP contribution < -0.4 is 0 Å². The van der Waals surface area contributed by atoms with E-state index < -0.39 is 5.60 Å². The molecule has 1 aliphatic carbocycles. The monoisotopic (exact) mass is 300 g/mol. The lowest BCUT2D eigenvalue weighted by Crippen LogP contribution is -2.55. The summed E-state index contributed by atoms with van der Waals surface area (Å²) in [7, 11) is 0. The lowest BCUT2D eigenvalue weighted by molar-refractivity contribution is -0.152. The Morgan fingerprint density at radius 1 is 1.41 bits per heavy atom. The van der Waals surface area contributed by atoms with E-state index in [0.717, 1.165) is 5.57 Å². The number of rotatable bonds is 1. The summed E-state index contributed by atoms with van der Waals surface area (Å²) in [6.07, 6.45) is 9.04. The summed E-state index contributed by atoms with van der Waals surface area (Å²) >= 11 is 0. The standard InChI is InChI=1S/C17H20N2O3/c1-11-9-19(10-17(2,3)22-11)16(21)14-8-12-6-4-5-7-13(12)15(20)18-14/h4-8,11,13H,9-10H2,1-3H3. The fraction of sp³-hybridized carbons (Fsp3) is 0.471. The van der Waals surface area contributed by atoms with Crippen molar-refractivity contribution in [2.24, 2.45) is 10.9 Å². The maximum atomic E-state index is 12.7. The van der Waals surface area contributed by atoms with E-state index in [4.69, 9.17) is 4.74 Å². The van der Waals surface area contributed by atoms with Gasteiger partial charge in [0.25, 0.3) is 11.8 Å². The molecule has 2 aliphatic heterocycles. The van der Waals surface area contributed by atoms with Crippen LogP contribution in [-0.2, 0) is 14.3 Å². The van der Waals surface area contributed by atoms with Gasteiger partial charge in [0.05, 0.1) is 17.6 Å². The lowest BCUT2D eigenvalue weighted by Gasteiger charge is -2.41. The lowest BCUT2D eigenvalue weighted by atomic mass is 9.90. The van der Waals surface area contributed by atoms with Crippen molar-refractivity contribution in [1.82, 2.24) is 4.90 Å². The number of fused-ring (bicyclic) bond motifs is 1. The van der Waals surface area contributed by atoms with Gasteiger partial charge in [-0.3, -0.25) is 9.59 Å². The zero-order chi connectivity index (χ0) is 15.9. The third kappa shape index (κ3) is 2.81. The van der Waals surface area contributed by atoms with Crippen molar-refractivity contribution >= 4 is 17.5 Å². The number of allylic oxidation sites excluding steroid dienone is 3. The van der Waals surface area contributed by atoms with Crippen molar-refractivity contribution in [2.75, 3.05) is 13.1 Å². The molecule has 2 atom stereocenters. The fourth-order valence-electron chi connectivity index (χ4n) is 3.18. The number of hydrogen-bond acceptors (Lipinski definition) is 3. The van der Waals surface area contributed by atoms with E-state index in [1.165, 1.54) is 0 Å². The van der Waals surface area contributed by atoms with Crippen LogP contribution in [0.5, 0.6) is 0 Å². The number of aliphatic imine (C=N–C) groups is 1. The molecule has 3 aliphatic rings. The van der Waals surface area contributed by atoms with Gasteiger partial charge < -0.3 is 9.64 Å². The highest BCUT2D eigenvalue weighted by atomic mass is 16.5. The van der Waals surface area contributed by atoms with Crippen molar-refractivity contribution in [2.45, 2.75) is 32.5 Å². The molecule has 0 aromatic rings. The molecule has 2 heterocycles. The van der Waals surface area contributed by atoms with Crippen LogP contribution in [0.25, 0.3) is 0 Å². The van der Waals surface area contributed by atoms with Gasteiger partial charge >= 0.3 is 0 Å². The Morgan fingerprint density at radius 2 is 2.18 bits per heavy atom. The molecule has 0 bridgehead atoms. The highest BCUT2D eigenvalue weighted by Gasteiger charge is 2.36. The van der Waals surface area contributed by atoms with Gasteiger partial charge in [0.15, 0.2) is 0 Å². The van der Waals surface area contributed by atoms with Crippen LogP contribution in [0.2, 0.25) is 0 Å². The number of dihydropyridines is 1. The van der Waals surface area contributed by atoms with Crippen LogP contribution in [0.4, 0.5) is 0 Å². The molecular weight excluding hydrogens is 280 g/mol. The number of carbonyl (C=O) groups excluding carboxylic acids is 2. The van der Waals surface area contributed by atoms with Crippen molar-refractivity contribution in [3.63, 3.8) is 0 Å². The fourth-order valence-corrected chi connectivity index (χ4v) is 3.18. The largest absolute Gasteiger partial charge is 0.369 e. The van der Waals surface area contributed by atoms with Gasteiger partial charge in [-0.05, 0) is 32.4 Å². The van der Waals surface area contributed by atoms with E-state index >= 15 is 0 Å². The number of amides is 2. The topological polar surface area (TPSA) is 59.0 Å². The molecule has 116 valence electrons. The van der Waals surface area contributed by atoms with Crippen LogP contribution in [0.15, 0.2) is 40.9 Å². The summed E-state index contributed by atoms with van der Waals surface area (Å²) in [5.74, 6) is -0.825. The van der Waals surface area contributed by atoms with E-state index in [-0.39, 0.29) is 29.5 Å². The van der Waals surface area contributed by atoms with E-state index in [0.29, 0.717) is 13.1 Å². The third-order valence-electron chi connectivity index (χ3n) is 3.94. The quantitative estimate of drug-likeness (QED) is 0.740. The Bertz CT molecular complexity index is 640. The van der Waals surface area contributed by atoms with E-state index in [2.05, 4.69) is 4.99 Å². The first-order valence-corrected chi connectivity index (χ1v) is 7.52. The van der Waals surface area contributed by atoms with Gasteiger partial charge in [-0.2, -0.15) is 0 Å². The molecule has 5 heteroatoms. The number of nitrogens with zero attached hydrogens (tertiary/aromatic N) is 2. The van der Waals surface area contributed by atoms with E-state index in [1.807, 2.05) is 39.0 Å². The third-order valence-corrected chi connectivity index (χ3v) is 3.94. The van der Waals surface area contributed by atoms with Gasteiger partial charge in [0.2, 0.25) is 0 Å². The highest BCUT2D eigenvalue weighted by molar-refractivity contribution is 6.45. The van der Waals surface area contributed by atoms with Crippen LogP contribution in [0.1, 0.15) is 20.8 Å². The molecule has 2 unspecified atom stereocenters. The van der Waals surface area contributed by atoms with Gasteiger partial charge in [-0.25, -0.2) is 4.99 Å². The summed E-state index contributed by atoms with van der Waals surface area (Å²) in [5.41, 5.74) is 0.655. The van der Waals surface area contributed by atoms with Crippen LogP contribution in [0.3, 0.4) is 0 Å². The number of morpholine rings is 1. The predicted molar refractivity (Wildman–Crippen MR) is 83.5 cm³/mol. The number of hydrogen-bond donors (Lipinski definition) is 0. The normalized spacial score (nSPS) is 29.8. The number of carbonyl (C=O) groups is 2. The first-order chi connectivity index (χ1) is 10.4. The maximum Gasteiger partial charge on any atom is 0.272 e. The summed E-state index contributed by atoms with van der Waals surface area (Å²) in [6, 6.07) is 0. The predicted octanol–water partition coefficient (Wildman–Crippen LogP) is 1.66. The van der Waals surface area contributed by atoms with Crippen LogP contribution >= 0.6 is 0 Å². The van der Waals surface area contributed by atoms with Crippen molar-refractivity contribution < 1.29 is 14.3 Å². The Kier molecular flexibility index (Phi) is 3.60. The minimum Gasteiger partial charge on any atom is -0.369 e. The second-order valence-electron chi connectivity index (χ2n) is 6.58. The Hall–Kier alpha value is -2.01. The maximum absolute atomic E-state index is 12.7. The van der Waals surface area contributed by atoms with Crippen molar-refractivity contribution in [3.05, 3.63) is 36.0 Å². The zero-order valence-electron chi connectivity index (χ0n) is 13.1. The summed E-state index contributed by atoms with van der Waals surface area (Å²) in [6.45, 7) is 6.86. The molecule has 22 heavy (non-hydrogen) atoms. The molecule has 0 saturated carbocycles. The molecule has 0 aromatic carbocycles. The van der Waals surface area contributed by atoms with E-state index in [1.54, 1.807) is 17.1 Å². The van der Waals surface area contributed by atoms with Crippen molar-refractivity contribution in [3.8, 4) is 0 Å². The Labute approximate surface area is 130 Å². The molecular formula is C17H20N2O3. The zero-order valence-corrected chi connectivity index (χ0v) is 13.1. The molecule has 1 fully saturated rings. The smallest absolute Gasteiger partial charge is 0.272 e. The molecule has 0 aromatic heterocycles. The molecule has 1 saturated heterocycles. The van der Waals surface area contributed by atoms with Gasteiger partial charge in [-0.15, -0.1) is 0 Å². The second kappa shape index (κ2) is 5.32. The molecule has 0 radical (unpaired) electrons. The van der Waals surface area contributed by atoms with Crippen LogP contribution in [0, 0.1) is 5.92 Å². The highest BCUT2D eigenvalue weighted by Crippen LogP contribution is 2.26. The minimum atomic E-state index is -0.393. The van der Waals surface area contributed by atoms with Crippen molar-refractivity contribution in [1.29, 1.82) is 0 Å². The molecule has 0 spiro atoms. The SMILES string of the molecule is CC1CN(C(=O)C2=NC(=O)C3C=CC=CC3=C2)CC(C)(C)O1. The van der Waals surface area contributed by atoms with E-state index in [9.17, 15) is 9.59 Å². The summed E-state index contributed by atoms with van der Waals surface area (Å²) in [5, 5.41) is 0. The Morgan fingerprint density at radius 3 is 2.91 bits per heavy atom. The summed E-state index contributed by atoms with van der Waals surface area (Å²) < 4.78 is 5.81. The molecule has 5 nitrogen and oxygen atoms in total.